The molecule has 0 aliphatic heterocycles. The summed E-state index contributed by atoms with van der Waals surface area (Å²) in [6.07, 6.45) is 4.76. The van der Waals surface area contributed by atoms with Crippen LogP contribution < -0.4 is 11.1 Å². The normalized spacial score (nSPS) is 12.0. The molecular weight excluding hydrogens is 176 g/mol. The molecular formula is C10H20N4. The van der Waals surface area contributed by atoms with Gasteiger partial charge in [-0.2, -0.15) is 0 Å². The summed E-state index contributed by atoms with van der Waals surface area (Å²) < 4.78 is 2.16. The number of nitrogens with two attached hydrogens (primary N) is 1. The first-order chi connectivity index (χ1) is 6.61. The molecule has 0 atom stereocenters. The summed E-state index contributed by atoms with van der Waals surface area (Å²) >= 11 is 0. The lowest BCUT2D eigenvalue weighted by Crippen LogP contribution is -2.35. The van der Waals surface area contributed by atoms with E-state index in [-0.39, 0.29) is 5.54 Å². The predicted molar refractivity (Wildman–Crippen MR) is 58.0 cm³/mol. The molecule has 1 rings (SSSR count). The third kappa shape index (κ3) is 2.33. The summed E-state index contributed by atoms with van der Waals surface area (Å²) in [7, 11) is 1.96. The minimum Gasteiger partial charge on any atom is -0.333 e. The van der Waals surface area contributed by atoms with E-state index in [4.69, 9.17) is 5.73 Å². The summed E-state index contributed by atoms with van der Waals surface area (Å²) in [4.78, 5) is 4.17. The Morgan fingerprint density at radius 2 is 2.29 bits per heavy atom. The van der Waals surface area contributed by atoms with E-state index in [1.54, 1.807) is 0 Å². The van der Waals surface area contributed by atoms with E-state index in [2.05, 4.69) is 28.7 Å². The van der Waals surface area contributed by atoms with Crippen LogP contribution >= 0.6 is 0 Å². The molecule has 1 aromatic heterocycles. The van der Waals surface area contributed by atoms with Crippen molar-refractivity contribution in [3.63, 3.8) is 0 Å². The van der Waals surface area contributed by atoms with E-state index >= 15 is 0 Å². The van der Waals surface area contributed by atoms with Gasteiger partial charge in [-0.25, -0.2) is 4.98 Å². The van der Waals surface area contributed by atoms with Crippen LogP contribution in [0.1, 0.15) is 26.0 Å². The van der Waals surface area contributed by atoms with Gasteiger partial charge in [-0.15, -0.1) is 0 Å². The lowest BCUT2D eigenvalue weighted by molar-refractivity contribution is 0.406. The molecule has 0 aliphatic rings. The smallest absolute Gasteiger partial charge is 0.0948 e. The van der Waals surface area contributed by atoms with Gasteiger partial charge in [-0.3, -0.25) is 0 Å². The highest BCUT2D eigenvalue weighted by molar-refractivity contribution is 5.10. The molecule has 3 N–H and O–H groups in total. The molecule has 0 aromatic carbocycles. The molecule has 0 fully saturated rings. The number of aryl methyl sites for hydroxylation is 1. The molecule has 0 saturated heterocycles. The van der Waals surface area contributed by atoms with Crippen LogP contribution in [0.2, 0.25) is 0 Å². The molecule has 0 saturated carbocycles. The van der Waals surface area contributed by atoms with Gasteiger partial charge in [0.05, 0.1) is 17.6 Å². The Labute approximate surface area is 85.5 Å². The molecule has 0 amide bonds. The van der Waals surface area contributed by atoms with Crippen LogP contribution in [0.5, 0.6) is 0 Å². The van der Waals surface area contributed by atoms with E-state index in [0.29, 0.717) is 0 Å². The minimum absolute atomic E-state index is 0.0366. The fraction of sp³-hybridized carbons (Fsp3) is 0.700. The highest BCUT2D eigenvalue weighted by atomic mass is 15.1. The number of imidazole rings is 1. The molecule has 1 heterocycles. The Morgan fingerprint density at radius 3 is 2.86 bits per heavy atom. The molecule has 0 radical (unpaired) electrons. The molecule has 0 aliphatic carbocycles. The average Bonchev–Trinajstić information content (AvgIpc) is 2.63. The first-order valence-corrected chi connectivity index (χ1v) is 5.01. The summed E-state index contributed by atoms with van der Waals surface area (Å²) in [5.41, 5.74) is 6.65. The Bertz CT molecular complexity index is 277. The van der Waals surface area contributed by atoms with Crippen LogP contribution in [-0.4, -0.2) is 23.1 Å². The first kappa shape index (κ1) is 11.2. The quantitative estimate of drug-likeness (QED) is 0.728. The van der Waals surface area contributed by atoms with Gasteiger partial charge in [0.1, 0.15) is 0 Å². The number of hydrogen-bond donors (Lipinski definition) is 2. The van der Waals surface area contributed by atoms with Crippen molar-refractivity contribution in [1.82, 2.24) is 14.9 Å². The van der Waals surface area contributed by atoms with Crippen LogP contribution in [0.15, 0.2) is 12.5 Å². The van der Waals surface area contributed by atoms with Crippen molar-refractivity contribution in [2.45, 2.75) is 32.4 Å². The minimum atomic E-state index is -0.0366. The Kier molecular flexibility index (Phi) is 3.66. The molecule has 14 heavy (non-hydrogen) atoms. The number of nitrogens with one attached hydrogen (secondary N) is 1. The Hall–Kier alpha value is -0.870. The summed E-state index contributed by atoms with van der Waals surface area (Å²) in [5, 5.41) is 3.27. The molecule has 4 heteroatoms. The van der Waals surface area contributed by atoms with E-state index in [9.17, 15) is 0 Å². The van der Waals surface area contributed by atoms with Crippen molar-refractivity contribution in [2.75, 3.05) is 13.6 Å². The van der Waals surface area contributed by atoms with Crippen molar-refractivity contribution >= 4 is 0 Å². The SMILES string of the molecule is CNC(C)(C)c1cncn1CCCN. The third-order valence-corrected chi connectivity index (χ3v) is 2.58. The second kappa shape index (κ2) is 4.57. The van der Waals surface area contributed by atoms with E-state index in [1.165, 1.54) is 5.69 Å². The van der Waals surface area contributed by atoms with Gasteiger partial charge in [0.2, 0.25) is 0 Å². The van der Waals surface area contributed by atoms with E-state index < -0.39 is 0 Å². The maximum absolute atomic E-state index is 5.49. The third-order valence-electron chi connectivity index (χ3n) is 2.58. The Balaban J connectivity index is 2.81. The average molecular weight is 196 g/mol. The van der Waals surface area contributed by atoms with Gasteiger partial charge >= 0.3 is 0 Å². The molecule has 0 unspecified atom stereocenters. The van der Waals surface area contributed by atoms with Gasteiger partial charge in [-0.05, 0) is 33.9 Å². The van der Waals surface area contributed by atoms with Crippen LogP contribution in [0.3, 0.4) is 0 Å². The second-order valence-electron chi connectivity index (χ2n) is 3.99. The zero-order valence-corrected chi connectivity index (χ0v) is 9.25. The zero-order chi connectivity index (χ0) is 10.6. The number of nitrogens with zero attached hydrogens (tertiary/aromatic N) is 2. The van der Waals surface area contributed by atoms with Crippen molar-refractivity contribution in [1.29, 1.82) is 0 Å². The number of rotatable bonds is 5. The van der Waals surface area contributed by atoms with Crippen molar-refractivity contribution in [3.8, 4) is 0 Å². The highest BCUT2D eigenvalue weighted by Gasteiger charge is 2.21. The lowest BCUT2D eigenvalue weighted by atomic mass is 10.0. The molecule has 4 nitrogen and oxygen atoms in total. The summed E-state index contributed by atoms with van der Waals surface area (Å²) in [6, 6.07) is 0. The molecule has 0 spiro atoms. The lowest BCUT2D eigenvalue weighted by Gasteiger charge is -2.25. The highest BCUT2D eigenvalue weighted by Crippen LogP contribution is 2.18. The number of aromatic nitrogens is 2. The van der Waals surface area contributed by atoms with Crippen LogP contribution in [0, 0.1) is 0 Å². The van der Waals surface area contributed by atoms with Crippen molar-refractivity contribution in [2.24, 2.45) is 5.73 Å². The number of hydrogen-bond acceptors (Lipinski definition) is 3. The standard InChI is InChI=1S/C10H20N4/c1-10(2,12-3)9-7-13-8-14(9)6-4-5-11/h7-8,12H,4-6,11H2,1-3H3. The van der Waals surface area contributed by atoms with Crippen LogP contribution in [0.4, 0.5) is 0 Å². The second-order valence-corrected chi connectivity index (χ2v) is 3.99. The van der Waals surface area contributed by atoms with E-state index in [1.807, 2.05) is 19.6 Å². The largest absolute Gasteiger partial charge is 0.333 e. The molecule has 80 valence electrons. The fourth-order valence-corrected chi connectivity index (χ4v) is 1.41. The zero-order valence-electron chi connectivity index (χ0n) is 9.25. The Morgan fingerprint density at radius 1 is 1.57 bits per heavy atom. The van der Waals surface area contributed by atoms with Crippen LogP contribution in [0.25, 0.3) is 0 Å². The predicted octanol–water partition coefficient (Wildman–Crippen LogP) is 0.686. The maximum atomic E-state index is 5.49. The van der Waals surface area contributed by atoms with E-state index in [0.717, 1.165) is 19.5 Å². The van der Waals surface area contributed by atoms with Gasteiger partial charge in [0, 0.05) is 12.7 Å². The topological polar surface area (TPSA) is 55.9 Å². The van der Waals surface area contributed by atoms with Gasteiger partial charge in [0.15, 0.2) is 0 Å². The van der Waals surface area contributed by atoms with Crippen molar-refractivity contribution in [3.05, 3.63) is 18.2 Å². The molecule has 0 bridgehead atoms. The van der Waals surface area contributed by atoms with Crippen LogP contribution in [-0.2, 0) is 12.1 Å². The first-order valence-electron chi connectivity index (χ1n) is 5.01. The van der Waals surface area contributed by atoms with Crippen molar-refractivity contribution < 1.29 is 0 Å². The summed E-state index contributed by atoms with van der Waals surface area (Å²) in [5.74, 6) is 0. The maximum Gasteiger partial charge on any atom is 0.0948 e. The van der Waals surface area contributed by atoms with Gasteiger partial charge in [0.25, 0.3) is 0 Å². The summed E-state index contributed by atoms with van der Waals surface area (Å²) in [6.45, 7) is 5.94. The fourth-order valence-electron chi connectivity index (χ4n) is 1.41. The van der Waals surface area contributed by atoms with Gasteiger partial charge in [-0.1, -0.05) is 0 Å². The van der Waals surface area contributed by atoms with Gasteiger partial charge < -0.3 is 15.6 Å². The monoisotopic (exact) mass is 196 g/mol. The molecule has 1 aromatic rings.